The molecule has 0 aliphatic heterocycles. The molecule has 16 heavy (non-hydrogen) atoms. The molecule has 0 saturated heterocycles. The fourth-order valence-electron chi connectivity index (χ4n) is 1.22. The molecule has 0 heterocycles. The number of hydrogen-bond donors (Lipinski definition) is 0. The highest BCUT2D eigenvalue weighted by Gasteiger charge is 2.17. The molecule has 0 bridgehead atoms. The number of benzene rings is 1. The summed E-state index contributed by atoms with van der Waals surface area (Å²) in [6.45, 7) is 1.85. The summed E-state index contributed by atoms with van der Waals surface area (Å²) >= 11 is 5.73. The van der Waals surface area contributed by atoms with E-state index in [1.807, 2.05) is 0 Å². The van der Waals surface area contributed by atoms with Crippen molar-refractivity contribution in [3.8, 4) is 6.07 Å². The molecule has 0 aromatic heterocycles. The van der Waals surface area contributed by atoms with Gasteiger partial charge in [0.1, 0.15) is 6.07 Å². The molecule has 0 amide bonds. The first-order valence-corrected chi connectivity index (χ1v) is 4.88. The fourth-order valence-corrected chi connectivity index (χ4v) is 1.42. The van der Waals surface area contributed by atoms with Crippen molar-refractivity contribution in [3.05, 3.63) is 33.8 Å². The minimum absolute atomic E-state index is 0.0118. The van der Waals surface area contributed by atoms with Crippen LogP contribution in [-0.4, -0.2) is 18.9 Å². The Balaban J connectivity index is 3.37. The number of carbonyl (C=O) groups is 2. The molecule has 0 aliphatic rings. The zero-order valence-corrected chi connectivity index (χ0v) is 9.25. The maximum Gasteiger partial charge on any atom is 0.338 e. The Kier molecular flexibility index (Phi) is 4.03. The van der Waals surface area contributed by atoms with E-state index in [9.17, 15) is 9.59 Å². The molecular weight excluding hydrogens is 230 g/mol. The Hall–Kier alpha value is -1.86. The van der Waals surface area contributed by atoms with Gasteiger partial charge < -0.3 is 4.74 Å². The van der Waals surface area contributed by atoms with E-state index in [0.717, 1.165) is 0 Å². The highest BCUT2D eigenvalue weighted by atomic mass is 35.5. The second kappa shape index (κ2) is 5.29. The van der Waals surface area contributed by atoms with Crippen molar-refractivity contribution in [1.82, 2.24) is 0 Å². The van der Waals surface area contributed by atoms with Gasteiger partial charge in [0, 0.05) is 5.56 Å². The summed E-state index contributed by atoms with van der Waals surface area (Å²) in [5.74, 6) is -0.641. The van der Waals surface area contributed by atoms with E-state index < -0.39 is 5.97 Å². The first-order chi connectivity index (χ1) is 7.65. The summed E-state index contributed by atoms with van der Waals surface area (Å²) in [6, 6.07) is 4.54. The van der Waals surface area contributed by atoms with Crippen LogP contribution in [0.1, 0.15) is 33.2 Å². The van der Waals surface area contributed by atoms with Crippen molar-refractivity contribution in [1.29, 1.82) is 5.26 Å². The molecule has 1 aromatic carbocycles. The van der Waals surface area contributed by atoms with Gasteiger partial charge in [0.05, 0.1) is 22.8 Å². The Morgan fingerprint density at radius 3 is 2.81 bits per heavy atom. The van der Waals surface area contributed by atoms with Crippen LogP contribution in [0.5, 0.6) is 0 Å². The SMILES string of the molecule is CCOC(=O)c1ccc(Cl)c(C#N)c1C=O. The second-order valence-corrected chi connectivity index (χ2v) is 3.24. The third-order valence-electron chi connectivity index (χ3n) is 1.92. The largest absolute Gasteiger partial charge is 0.462 e. The number of carbonyl (C=O) groups excluding carboxylic acids is 2. The quantitative estimate of drug-likeness (QED) is 0.597. The Morgan fingerprint density at radius 2 is 2.31 bits per heavy atom. The molecule has 5 heteroatoms. The van der Waals surface area contributed by atoms with Crippen molar-refractivity contribution < 1.29 is 14.3 Å². The van der Waals surface area contributed by atoms with E-state index in [4.69, 9.17) is 21.6 Å². The highest BCUT2D eigenvalue weighted by molar-refractivity contribution is 6.32. The molecule has 82 valence electrons. The minimum atomic E-state index is -0.641. The summed E-state index contributed by atoms with van der Waals surface area (Å²) < 4.78 is 4.76. The molecule has 0 saturated carbocycles. The van der Waals surface area contributed by atoms with E-state index in [-0.39, 0.29) is 28.3 Å². The van der Waals surface area contributed by atoms with Crippen molar-refractivity contribution in [3.63, 3.8) is 0 Å². The van der Waals surface area contributed by atoms with Gasteiger partial charge >= 0.3 is 5.97 Å². The standard InChI is InChI=1S/C11H8ClNO3/c1-2-16-11(15)7-3-4-10(12)8(5-13)9(7)6-14/h3-4,6H,2H2,1H3. The lowest BCUT2D eigenvalue weighted by molar-refractivity contribution is 0.0524. The van der Waals surface area contributed by atoms with Crippen molar-refractivity contribution in [2.45, 2.75) is 6.92 Å². The molecule has 0 spiro atoms. The van der Waals surface area contributed by atoms with Gasteiger partial charge in [-0.1, -0.05) is 11.6 Å². The van der Waals surface area contributed by atoms with Crippen molar-refractivity contribution >= 4 is 23.9 Å². The molecule has 0 radical (unpaired) electrons. The third-order valence-corrected chi connectivity index (χ3v) is 2.23. The van der Waals surface area contributed by atoms with Gasteiger partial charge in [-0.25, -0.2) is 4.79 Å². The molecule has 0 N–H and O–H groups in total. The van der Waals surface area contributed by atoms with Gasteiger partial charge in [-0.05, 0) is 19.1 Å². The maximum absolute atomic E-state index is 11.5. The van der Waals surface area contributed by atoms with Crippen LogP contribution in [0.4, 0.5) is 0 Å². The van der Waals surface area contributed by atoms with E-state index in [0.29, 0.717) is 6.29 Å². The highest BCUT2D eigenvalue weighted by Crippen LogP contribution is 2.22. The summed E-state index contributed by atoms with van der Waals surface area (Å²) in [5.41, 5.74) is 0.00784. The molecule has 0 fully saturated rings. The smallest absolute Gasteiger partial charge is 0.338 e. The zero-order valence-electron chi connectivity index (χ0n) is 8.49. The molecule has 0 unspecified atom stereocenters. The Labute approximate surface area is 97.4 Å². The third kappa shape index (κ3) is 2.20. The van der Waals surface area contributed by atoms with E-state index >= 15 is 0 Å². The number of hydrogen-bond acceptors (Lipinski definition) is 4. The van der Waals surface area contributed by atoms with Crippen LogP contribution in [0.2, 0.25) is 5.02 Å². The predicted octanol–water partition coefficient (Wildman–Crippen LogP) is 2.20. The number of nitriles is 1. The summed E-state index contributed by atoms with van der Waals surface area (Å²) in [7, 11) is 0. The zero-order chi connectivity index (χ0) is 12.1. The van der Waals surface area contributed by atoms with Crippen molar-refractivity contribution in [2.75, 3.05) is 6.61 Å². The van der Waals surface area contributed by atoms with E-state index in [1.165, 1.54) is 12.1 Å². The van der Waals surface area contributed by atoms with Gasteiger partial charge in [0.15, 0.2) is 6.29 Å². The normalized spacial score (nSPS) is 9.31. The maximum atomic E-state index is 11.5. The van der Waals surface area contributed by atoms with Crippen LogP contribution < -0.4 is 0 Å². The first kappa shape index (κ1) is 12.2. The average molecular weight is 238 g/mol. The van der Waals surface area contributed by atoms with Gasteiger partial charge in [0.2, 0.25) is 0 Å². The summed E-state index contributed by atoms with van der Waals surface area (Å²) in [4.78, 5) is 22.3. The predicted molar refractivity (Wildman–Crippen MR) is 57.5 cm³/mol. The van der Waals surface area contributed by atoms with Crippen LogP contribution in [0, 0.1) is 11.3 Å². The van der Waals surface area contributed by atoms with Crippen LogP contribution in [0.15, 0.2) is 12.1 Å². The number of aldehydes is 1. The van der Waals surface area contributed by atoms with Crippen molar-refractivity contribution in [2.24, 2.45) is 0 Å². The average Bonchev–Trinajstić information content (AvgIpc) is 2.28. The van der Waals surface area contributed by atoms with E-state index in [2.05, 4.69) is 0 Å². The van der Waals surface area contributed by atoms with Crippen LogP contribution in [0.3, 0.4) is 0 Å². The fraction of sp³-hybridized carbons (Fsp3) is 0.182. The lowest BCUT2D eigenvalue weighted by Gasteiger charge is -2.06. The molecule has 4 nitrogen and oxygen atoms in total. The topological polar surface area (TPSA) is 67.2 Å². The lowest BCUT2D eigenvalue weighted by atomic mass is 10.0. The van der Waals surface area contributed by atoms with Crippen LogP contribution in [-0.2, 0) is 4.74 Å². The number of ether oxygens (including phenoxy) is 1. The van der Waals surface area contributed by atoms with Gasteiger partial charge in [-0.2, -0.15) is 5.26 Å². The number of nitrogens with zero attached hydrogens (tertiary/aromatic N) is 1. The number of esters is 1. The molecule has 1 aromatic rings. The van der Waals surface area contributed by atoms with Crippen LogP contribution >= 0.6 is 11.6 Å². The molecule has 1 rings (SSSR count). The minimum Gasteiger partial charge on any atom is -0.462 e. The Morgan fingerprint density at radius 1 is 1.62 bits per heavy atom. The first-order valence-electron chi connectivity index (χ1n) is 4.50. The van der Waals surface area contributed by atoms with E-state index in [1.54, 1.807) is 13.0 Å². The van der Waals surface area contributed by atoms with Crippen LogP contribution in [0.25, 0.3) is 0 Å². The molecule has 0 atom stereocenters. The lowest BCUT2D eigenvalue weighted by Crippen LogP contribution is -2.09. The Bertz CT molecular complexity index is 477. The number of rotatable bonds is 3. The summed E-state index contributed by atoms with van der Waals surface area (Å²) in [5, 5.41) is 8.96. The molecular formula is C11H8ClNO3. The van der Waals surface area contributed by atoms with Gasteiger partial charge in [-0.15, -0.1) is 0 Å². The summed E-state index contributed by atoms with van der Waals surface area (Å²) in [6.07, 6.45) is 0.427. The van der Waals surface area contributed by atoms with Gasteiger partial charge in [-0.3, -0.25) is 4.79 Å². The van der Waals surface area contributed by atoms with Gasteiger partial charge in [0.25, 0.3) is 0 Å². The second-order valence-electron chi connectivity index (χ2n) is 2.83. The monoisotopic (exact) mass is 237 g/mol. The molecule has 0 aliphatic carbocycles. The number of halogens is 1.